The van der Waals surface area contributed by atoms with Gasteiger partial charge in [0.05, 0.1) is 11.0 Å². The third-order valence-electron chi connectivity index (χ3n) is 14.5. The summed E-state index contributed by atoms with van der Waals surface area (Å²) in [5.41, 5.74) is 15.2. The quantitative estimate of drug-likeness (QED) is 0.127. The molecule has 11 aromatic carbocycles. The first-order valence-corrected chi connectivity index (χ1v) is 25.7. The van der Waals surface area contributed by atoms with E-state index in [9.17, 15) is 0 Å². The largest absolute Gasteiger partial charge is 0.455 e. The predicted octanol–water partition coefficient (Wildman–Crippen LogP) is 15.9. The average Bonchev–Trinajstić information content (AvgIpc) is 3.97. The van der Waals surface area contributed by atoms with Crippen LogP contribution in [-0.4, -0.2) is 12.6 Å². The topological polar surface area (TPSA) is 18.1 Å². The van der Waals surface area contributed by atoms with E-state index in [0.717, 1.165) is 38.6 Å². The average molecular weight is 844 g/mol. The molecular weight excluding hydrogens is 803 g/mol. The molecule has 0 atom stereocenters. The fourth-order valence-corrected chi connectivity index (χ4v) is 14.5. The second kappa shape index (κ2) is 13.5. The van der Waals surface area contributed by atoms with Gasteiger partial charge in [-0.1, -0.05) is 165 Å². The van der Waals surface area contributed by atoms with E-state index < -0.39 is 8.07 Å². The summed E-state index contributed by atoms with van der Waals surface area (Å²) in [6.45, 7) is 5.00. The summed E-state index contributed by atoms with van der Waals surface area (Å²) in [4.78, 5) is 0. The lowest BCUT2D eigenvalue weighted by Gasteiger charge is -2.19. The first-order valence-electron chi connectivity index (χ1n) is 22.7. The maximum atomic E-state index is 6.86. The molecule has 0 unspecified atom stereocenters. The highest BCUT2D eigenvalue weighted by atomic mass is 28.3. The van der Waals surface area contributed by atoms with Gasteiger partial charge < -0.3 is 8.98 Å². The zero-order valence-electron chi connectivity index (χ0n) is 36.1. The zero-order valence-corrected chi connectivity index (χ0v) is 37.1. The highest BCUT2D eigenvalue weighted by Crippen LogP contribution is 2.45. The summed E-state index contributed by atoms with van der Waals surface area (Å²) < 4.78 is 9.33. The molecule has 1 aliphatic heterocycles. The Balaban J connectivity index is 0.961. The fraction of sp³-hybridized carbons (Fsp3) is 0.0323. The van der Waals surface area contributed by atoms with Crippen LogP contribution in [0.25, 0.3) is 126 Å². The maximum Gasteiger partial charge on any atom is 0.143 e. The smallest absolute Gasteiger partial charge is 0.143 e. The molecule has 0 bridgehead atoms. The first-order chi connectivity index (χ1) is 32.0. The molecule has 0 radical (unpaired) electrons. The molecule has 14 rings (SSSR count). The summed E-state index contributed by atoms with van der Waals surface area (Å²) in [6, 6.07) is 78.8. The standard InChI is InChI=1S/C62H41NOSi/c1-65(2)58-23-13-11-21-49(58)61-50-37-45(28-24-39(50)27-31-59(61)65)63-55-22-12-10-20-48(55)52-33-40(25-29-56(52)63)41-26-30-57-53(34-41)54-36-44(35-51(62(54)64-57)38-14-4-3-5-15-38)60-46-18-8-6-16-42(46)32-43-17-7-9-19-47(43)60/h3-37H,1-2H3. The van der Waals surface area contributed by atoms with Gasteiger partial charge >= 0.3 is 0 Å². The van der Waals surface area contributed by atoms with Crippen LogP contribution in [-0.2, 0) is 0 Å². The van der Waals surface area contributed by atoms with Crippen molar-refractivity contribution in [2.75, 3.05) is 0 Å². The van der Waals surface area contributed by atoms with Crippen molar-refractivity contribution in [3.8, 4) is 50.2 Å². The minimum atomic E-state index is -1.81. The Morgan fingerprint density at radius 3 is 1.82 bits per heavy atom. The molecule has 3 heterocycles. The van der Waals surface area contributed by atoms with Crippen LogP contribution in [0.4, 0.5) is 0 Å². The van der Waals surface area contributed by atoms with Gasteiger partial charge in [-0.3, -0.25) is 0 Å². The van der Waals surface area contributed by atoms with Gasteiger partial charge in [0.25, 0.3) is 0 Å². The van der Waals surface area contributed by atoms with Crippen molar-refractivity contribution in [3.05, 3.63) is 212 Å². The van der Waals surface area contributed by atoms with Crippen LogP contribution in [0.15, 0.2) is 217 Å². The van der Waals surface area contributed by atoms with Crippen LogP contribution in [0.3, 0.4) is 0 Å². The Bertz CT molecular complexity index is 4100. The van der Waals surface area contributed by atoms with Gasteiger partial charge in [0.15, 0.2) is 0 Å². The summed E-state index contributed by atoms with van der Waals surface area (Å²) in [7, 11) is -1.81. The number of rotatable bonds is 4. The van der Waals surface area contributed by atoms with Crippen molar-refractivity contribution in [1.82, 2.24) is 4.57 Å². The van der Waals surface area contributed by atoms with Crippen LogP contribution in [0.1, 0.15) is 0 Å². The van der Waals surface area contributed by atoms with E-state index in [1.807, 2.05) is 0 Å². The van der Waals surface area contributed by atoms with Crippen molar-refractivity contribution in [3.63, 3.8) is 0 Å². The summed E-state index contributed by atoms with van der Waals surface area (Å²) in [5.74, 6) is 0. The van der Waals surface area contributed by atoms with Gasteiger partial charge in [0, 0.05) is 32.8 Å². The second-order valence-corrected chi connectivity index (χ2v) is 22.7. The fourth-order valence-electron chi connectivity index (χ4n) is 11.4. The number of furan rings is 1. The molecular formula is C62H41NOSi. The Kier molecular flexibility index (Phi) is 7.59. The number of hydrogen-bond donors (Lipinski definition) is 0. The molecule has 0 N–H and O–H groups in total. The van der Waals surface area contributed by atoms with Crippen molar-refractivity contribution in [2.45, 2.75) is 13.1 Å². The molecule has 0 fully saturated rings. The third-order valence-corrected chi connectivity index (χ3v) is 18.1. The summed E-state index contributed by atoms with van der Waals surface area (Å²) in [5, 5.41) is 15.4. The molecule has 65 heavy (non-hydrogen) atoms. The molecule has 0 spiro atoms. The Hall–Kier alpha value is -7.98. The molecule has 2 aromatic heterocycles. The van der Waals surface area contributed by atoms with Gasteiger partial charge in [-0.25, -0.2) is 0 Å². The number of nitrogens with zero attached hydrogens (tertiary/aromatic N) is 1. The second-order valence-electron chi connectivity index (χ2n) is 18.4. The number of hydrogen-bond acceptors (Lipinski definition) is 1. The zero-order chi connectivity index (χ0) is 43.0. The number of para-hydroxylation sites is 1. The van der Waals surface area contributed by atoms with Crippen LogP contribution in [0.2, 0.25) is 13.1 Å². The normalized spacial score (nSPS) is 13.2. The minimum Gasteiger partial charge on any atom is -0.455 e. The van der Waals surface area contributed by atoms with E-state index in [1.165, 1.54) is 98.0 Å². The molecule has 0 saturated heterocycles. The molecule has 0 amide bonds. The SMILES string of the molecule is C[Si]1(C)c2ccccc2-c2c1ccc1ccc(-n3c4ccccc4c4cc(-c5ccc6oc7c(-c8ccccc8)cc(-c8c9ccccc9cc9ccccc89)cc7c6c5)ccc43)cc21. The number of fused-ring (bicyclic) bond motifs is 13. The van der Waals surface area contributed by atoms with Crippen molar-refractivity contribution >= 4 is 94.5 Å². The van der Waals surface area contributed by atoms with Gasteiger partial charge in [0.1, 0.15) is 19.2 Å². The minimum absolute atomic E-state index is 0.884. The Labute approximate surface area is 377 Å². The van der Waals surface area contributed by atoms with Gasteiger partial charge in [-0.05, 0) is 142 Å². The highest BCUT2D eigenvalue weighted by molar-refractivity contribution is 7.04. The van der Waals surface area contributed by atoms with Gasteiger partial charge in [0.2, 0.25) is 0 Å². The van der Waals surface area contributed by atoms with Gasteiger partial charge in [-0.2, -0.15) is 0 Å². The molecule has 3 heteroatoms. The van der Waals surface area contributed by atoms with Crippen LogP contribution in [0.5, 0.6) is 0 Å². The molecule has 1 aliphatic rings. The Morgan fingerprint density at radius 2 is 1.00 bits per heavy atom. The van der Waals surface area contributed by atoms with E-state index >= 15 is 0 Å². The summed E-state index contributed by atoms with van der Waals surface area (Å²) in [6.07, 6.45) is 0. The van der Waals surface area contributed by atoms with Crippen LogP contribution >= 0.6 is 0 Å². The van der Waals surface area contributed by atoms with Crippen molar-refractivity contribution < 1.29 is 4.42 Å². The molecule has 304 valence electrons. The molecule has 13 aromatic rings. The molecule has 0 aliphatic carbocycles. The van der Waals surface area contributed by atoms with Crippen LogP contribution < -0.4 is 10.4 Å². The number of benzene rings is 11. The van der Waals surface area contributed by atoms with E-state index in [0.29, 0.717) is 0 Å². The Morgan fingerprint density at radius 1 is 0.354 bits per heavy atom. The monoisotopic (exact) mass is 843 g/mol. The first kappa shape index (κ1) is 36.5. The lowest BCUT2D eigenvalue weighted by molar-refractivity contribution is 0.670. The lowest BCUT2D eigenvalue weighted by Crippen LogP contribution is -2.49. The highest BCUT2D eigenvalue weighted by Gasteiger charge is 2.38. The third kappa shape index (κ3) is 5.28. The summed E-state index contributed by atoms with van der Waals surface area (Å²) >= 11 is 0. The van der Waals surface area contributed by atoms with E-state index in [2.05, 4.69) is 230 Å². The molecule has 2 nitrogen and oxygen atoms in total. The van der Waals surface area contributed by atoms with Crippen molar-refractivity contribution in [2.24, 2.45) is 0 Å². The van der Waals surface area contributed by atoms with Gasteiger partial charge in [-0.15, -0.1) is 0 Å². The van der Waals surface area contributed by atoms with E-state index in [-0.39, 0.29) is 0 Å². The predicted molar refractivity (Wildman–Crippen MR) is 279 cm³/mol. The lowest BCUT2D eigenvalue weighted by atomic mass is 9.89. The van der Waals surface area contributed by atoms with Crippen molar-refractivity contribution in [1.29, 1.82) is 0 Å². The van der Waals surface area contributed by atoms with Crippen LogP contribution in [0, 0.1) is 0 Å². The maximum absolute atomic E-state index is 6.86. The van der Waals surface area contributed by atoms with E-state index in [1.54, 1.807) is 0 Å². The molecule has 0 saturated carbocycles. The number of aromatic nitrogens is 1. The van der Waals surface area contributed by atoms with E-state index in [4.69, 9.17) is 4.42 Å².